The van der Waals surface area contributed by atoms with Gasteiger partial charge in [-0.05, 0) is 70.7 Å². The number of hydrogen-bond acceptors (Lipinski definition) is 2. The van der Waals surface area contributed by atoms with Gasteiger partial charge < -0.3 is 10.2 Å². The van der Waals surface area contributed by atoms with Crippen LogP contribution in [-0.4, -0.2) is 26.7 Å². The minimum Gasteiger partial charge on any atom is -0.371 e. The Labute approximate surface area is 118 Å². The topological polar surface area (TPSA) is 15.3 Å². The van der Waals surface area contributed by atoms with Crippen LogP contribution in [0.4, 0.5) is 5.69 Å². The van der Waals surface area contributed by atoms with Crippen molar-refractivity contribution in [1.29, 1.82) is 0 Å². The lowest BCUT2D eigenvalue weighted by atomic mass is 9.93. The summed E-state index contributed by atoms with van der Waals surface area (Å²) in [6.07, 6.45) is 4.03. The molecule has 1 atom stereocenters. The zero-order valence-corrected chi connectivity index (χ0v) is 12.9. The van der Waals surface area contributed by atoms with Crippen molar-refractivity contribution in [2.45, 2.75) is 40.0 Å². The first kappa shape index (κ1) is 14.4. The molecule has 0 spiro atoms. The van der Waals surface area contributed by atoms with E-state index in [0.29, 0.717) is 0 Å². The van der Waals surface area contributed by atoms with Gasteiger partial charge in [0.15, 0.2) is 0 Å². The molecule has 19 heavy (non-hydrogen) atoms. The van der Waals surface area contributed by atoms with E-state index in [1.807, 2.05) is 0 Å². The van der Waals surface area contributed by atoms with E-state index < -0.39 is 0 Å². The maximum Gasteiger partial charge on any atom is 0.0425 e. The third kappa shape index (κ3) is 3.50. The summed E-state index contributed by atoms with van der Waals surface area (Å²) in [5.74, 6) is 0.848. The van der Waals surface area contributed by atoms with E-state index in [0.717, 1.165) is 12.5 Å². The lowest BCUT2D eigenvalue weighted by molar-refractivity contribution is 0.387. The first-order valence-electron chi connectivity index (χ1n) is 7.59. The molecule has 1 aliphatic heterocycles. The van der Waals surface area contributed by atoms with Gasteiger partial charge in [0.05, 0.1) is 0 Å². The Hall–Kier alpha value is -1.02. The molecule has 0 saturated carbocycles. The monoisotopic (exact) mass is 260 g/mol. The average molecular weight is 260 g/mol. The van der Waals surface area contributed by atoms with E-state index >= 15 is 0 Å². The Kier molecular flexibility index (Phi) is 4.87. The molecule has 0 aromatic heterocycles. The molecule has 106 valence electrons. The molecule has 0 amide bonds. The van der Waals surface area contributed by atoms with Crippen molar-refractivity contribution in [2.24, 2.45) is 5.92 Å². The summed E-state index contributed by atoms with van der Waals surface area (Å²) in [5, 5.41) is 3.28. The highest BCUT2D eigenvalue weighted by molar-refractivity contribution is 5.60. The molecule has 1 heterocycles. The van der Waals surface area contributed by atoms with Gasteiger partial charge in [-0.3, -0.25) is 0 Å². The molecule has 1 fully saturated rings. The van der Waals surface area contributed by atoms with E-state index in [1.165, 1.54) is 54.7 Å². The van der Waals surface area contributed by atoms with Gasteiger partial charge in [0.1, 0.15) is 0 Å². The number of hydrogen-bond donors (Lipinski definition) is 1. The van der Waals surface area contributed by atoms with Crippen LogP contribution in [0.25, 0.3) is 0 Å². The summed E-state index contributed by atoms with van der Waals surface area (Å²) in [7, 11) is 2.05. The van der Waals surface area contributed by atoms with Gasteiger partial charge in [0, 0.05) is 18.8 Å². The fraction of sp³-hybridized carbons (Fsp3) is 0.647. The Morgan fingerprint density at radius 2 is 1.89 bits per heavy atom. The Balaban J connectivity index is 2.13. The molecule has 1 aromatic rings. The summed E-state index contributed by atoms with van der Waals surface area (Å²) in [4.78, 5) is 2.62. The zero-order chi connectivity index (χ0) is 13.8. The van der Waals surface area contributed by atoms with E-state index in [4.69, 9.17) is 0 Å². The molecule has 1 aromatic carbocycles. The third-order valence-corrected chi connectivity index (χ3v) is 4.27. The van der Waals surface area contributed by atoms with Gasteiger partial charge >= 0.3 is 0 Å². The highest BCUT2D eigenvalue weighted by Crippen LogP contribution is 2.31. The smallest absolute Gasteiger partial charge is 0.0425 e. The lowest BCUT2D eigenvalue weighted by Gasteiger charge is -2.36. The zero-order valence-electron chi connectivity index (χ0n) is 12.9. The van der Waals surface area contributed by atoms with Crippen LogP contribution in [0.1, 0.15) is 36.0 Å². The number of anilines is 1. The van der Waals surface area contributed by atoms with Crippen LogP contribution in [-0.2, 0) is 0 Å². The molecule has 2 rings (SSSR count). The second-order valence-corrected chi connectivity index (χ2v) is 6.09. The van der Waals surface area contributed by atoms with Crippen LogP contribution in [0.15, 0.2) is 12.1 Å². The van der Waals surface area contributed by atoms with Crippen molar-refractivity contribution >= 4 is 5.69 Å². The van der Waals surface area contributed by atoms with Gasteiger partial charge in [-0.2, -0.15) is 0 Å². The standard InChI is InChI=1S/C17H28N2/c1-13-10-14(2)17(15(3)11-13)19-9-5-6-16(12-19)7-8-18-4/h10-11,16,18H,5-9,12H2,1-4H3. The summed E-state index contributed by atoms with van der Waals surface area (Å²) in [6, 6.07) is 4.64. The van der Waals surface area contributed by atoms with Gasteiger partial charge in [-0.15, -0.1) is 0 Å². The molecular weight excluding hydrogens is 232 g/mol. The first-order valence-corrected chi connectivity index (χ1v) is 7.59. The predicted molar refractivity (Wildman–Crippen MR) is 84.1 cm³/mol. The highest BCUT2D eigenvalue weighted by Gasteiger charge is 2.21. The van der Waals surface area contributed by atoms with Crippen molar-refractivity contribution in [3.8, 4) is 0 Å². The van der Waals surface area contributed by atoms with Gasteiger partial charge in [-0.1, -0.05) is 17.7 Å². The average Bonchev–Trinajstić information content (AvgIpc) is 2.35. The fourth-order valence-corrected chi connectivity index (χ4v) is 3.52. The number of nitrogens with one attached hydrogen (secondary N) is 1. The molecule has 2 nitrogen and oxygen atoms in total. The number of piperidine rings is 1. The van der Waals surface area contributed by atoms with Crippen molar-refractivity contribution < 1.29 is 0 Å². The lowest BCUT2D eigenvalue weighted by Crippen LogP contribution is -2.37. The van der Waals surface area contributed by atoms with Crippen LogP contribution in [0.3, 0.4) is 0 Å². The first-order chi connectivity index (χ1) is 9.11. The molecule has 0 bridgehead atoms. The molecule has 0 radical (unpaired) electrons. The van der Waals surface area contributed by atoms with Crippen LogP contribution >= 0.6 is 0 Å². The largest absolute Gasteiger partial charge is 0.371 e. The maximum atomic E-state index is 3.28. The van der Waals surface area contributed by atoms with Gasteiger partial charge in [-0.25, -0.2) is 0 Å². The Morgan fingerprint density at radius 1 is 1.21 bits per heavy atom. The molecule has 2 heteroatoms. The van der Waals surface area contributed by atoms with Gasteiger partial charge in [0.2, 0.25) is 0 Å². The highest BCUT2D eigenvalue weighted by atomic mass is 15.1. The Bertz CT molecular complexity index is 402. The van der Waals surface area contributed by atoms with Crippen molar-refractivity contribution in [3.63, 3.8) is 0 Å². The summed E-state index contributed by atoms with van der Waals surface area (Å²) in [5.41, 5.74) is 5.74. The summed E-state index contributed by atoms with van der Waals surface area (Å²) < 4.78 is 0. The fourth-order valence-electron chi connectivity index (χ4n) is 3.52. The molecule has 1 unspecified atom stereocenters. The summed E-state index contributed by atoms with van der Waals surface area (Å²) in [6.45, 7) is 10.3. The third-order valence-electron chi connectivity index (χ3n) is 4.27. The van der Waals surface area contributed by atoms with E-state index in [2.05, 4.69) is 50.2 Å². The van der Waals surface area contributed by atoms with E-state index in [-0.39, 0.29) is 0 Å². The van der Waals surface area contributed by atoms with E-state index in [1.54, 1.807) is 0 Å². The number of nitrogens with zero attached hydrogens (tertiary/aromatic N) is 1. The van der Waals surface area contributed by atoms with Crippen LogP contribution in [0.2, 0.25) is 0 Å². The predicted octanol–water partition coefficient (Wildman–Crippen LogP) is 3.44. The minimum absolute atomic E-state index is 0.848. The quantitative estimate of drug-likeness (QED) is 0.892. The number of aryl methyl sites for hydroxylation is 3. The van der Waals surface area contributed by atoms with Gasteiger partial charge in [0.25, 0.3) is 0 Å². The van der Waals surface area contributed by atoms with Crippen molar-refractivity contribution in [2.75, 3.05) is 31.6 Å². The molecule has 1 N–H and O–H groups in total. The van der Waals surface area contributed by atoms with E-state index in [9.17, 15) is 0 Å². The maximum absolute atomic E-state index is 3.28. The SMILES string of the molecule is CNCCC1CCCN(c2c(C)cc(C)cc2C)C1. The molecule has 1 aliphatic rings. The van der Waals surface area contributed by atoms with Crippen LogP contribution in [0, 0.1) is 26.7 Å². The normalized spacial score (nSPS) is 19.8. The second-order valence-electron chi connectivity index (χ2n) is 6.09. The molecule has 0 aliphatic carbocycles. The Morgan fingerprint density at radius 3 is 2.53 bits per heavy atom. The number of rotatable bonds is 4. The molecular formula is C17H28N2. The number of benzene rings is 1. The van der Waals surface area contributed by atoms with Crippen LogP contribution in [0.5, 0.6) is 0 Å². The molecule has 1 saturated heterocycles. The van der Waals surface area contributed by atoms with Crippen LogP contribution < -0.4 is 10.2 Å². The summed E-state index contributed by atoms with van der Waals surface area (Å²) >= 11 is 0. The second kappa shape index (κ2) is 6.42. The minimum atomic E-state index is 0.848. The van der Waals surface area contributed by atoms with Crippen molar-refractivity contribution in [3.05, 3.63) is 28.8 Å². The van der Waals surface area contributed by atoms with Crippen molar-refractivity contribution in [1.82, 2.24) is 5.32 Å².